The Morgan fingerprint density at radius 1 is 0.976 bits per heavy atom. The second-order valence-corrected chi connectivity index (χ2v) is 10.6. The highest BCUT2D eigenvalue weighted by molar-refractivity contribution is 6.04. The molecule has 1 aliphatic rings. The average molecular weight is 574 g/mol. The van der Waals surface area contributed by atoms with Crippen molar-refractivity contribution in [1.29, 1.82) is 0 Å². The van der Waals surface area contributed by atoms with Gasteiger partial charge in [-0.1, -0.05) is 31.0 Å². The first kappa shape index (κ1) is 29.4. The van der Waals surface area contributed by atoms with E-state index >= 15 is 0 Å². The van der Waals surface area contributed by atoms with Gasteiger partial charge in [0, 0.05) is 42.6 Å². The van der Waals surface area contributed by atoms with Crippen LogP contribution in [-0.2, 0) is 12.7 Å². The number of amides is 1. The summed E-state index contributed by atoms with van der Waals surface area (Å²) < 4.78 is 44.2. The fourth-order valence-electron chi connectivity index (χ4n) is 5.29. The number of pyridine rings is 1. The number of aryl methyl sites for hydroxylation is 2. The molecule has 5 rings (SSSR count). The van der Waals surface area contributed by atoms with Gasteiger partial charge in [0.15, 0.2) is 0 Å². The summed E-state index contributed by atoms with van der Waals surface area (Å²) in [5.74, 6) is 5.81. The van der Waals surface area contributed by atoms with Gasteiger partial charge in [-0.05, 0) is 93.3 Å². The van der Waals surface area contributed by atoms with Crippen molar-refractivity contribution in [1.82, 2.24) is 19.2 Å². The predicted molar refractivity (Wildman–Crippen MR) is 158 cm³/mol. The zero-order valence-corrected chi connectivity index (χ0v) is 24.1. The minimum Gasteiger partial charge on any atom is -0.322 e. The zero-order chi connectivity index (χ0) is 29.9. The number of benzene rings is 2. The Hall–Kier alpha value is -4.13. The maximum atomic E-state index is 14.1. The van der Waals surface area contributed by atoms with Crippen LogP contribution in [0.2, 0.25) is 0 Å². The van der Waals surface area contributed by atoms with Crippen molar-refractivity contribution in [2.24, 2.45) is 0 Å². The molecule has 4 aromatic rings. The van der Waals surface area contributed by atoms with Gasteiger partial charge in [0.25, 0.3) is 5.91 Å². The first-order chi connectivity index (χ1) is 20.1. The number of carbonyl (C=O) groups excluding carboxylic acids is 1. The van der Waals surface area contributed by atoms with Gasteiger partial charge >= 0.3 is 6.18 Å². The first-order valence-electron chi connectivity index (χ1n) is 14.1. The number of hydrogen-bond donors (Lipinski definition) is 1. The number of anilines is 1. The van der Waals surface area contributed by atoms with Crippen LogP contribution in [0.15, 0.2) is 60.8 Å². The SMILES string of the molecule is CCN1CCCN(Cc2ccc(NC(=O)c3ccc(C)c(C#Cc4c(C)nc5ccccn45)c3)cc2C(F)(F)F)CC1. The Morgan fingerprint density at radius 3 is 2.55 bits per heavy atom. The number of rotatable bonds is 5. The van der Waals surface area contributed by atoms with Gasteiger partial charge in [-0.25, -0.2) is 4.98 Å². The van der Waals surface area contributed by atoms with E-state index < -0.39 is 17.6 Å². The quantitative estimate of drug-likeness (QED) is 0.291. The molecule has 9 heteroatoms. The summed E-state index contributed by atoms with van der Waals surface area (Å²) in [6.45, 7) is 10.3. The number of hydrogen-bond acceptors (Lipinski definition) is 4. The van der Waals surface area contributed by atoms with Gasteiger partial charge < -0.3 is 10.2 Å². The summed E-state index contributed by atoms with van der Waals surface area (Å²) >= 11 is 0. The van der Waals surface area contributed by atoms with Gasteiger partial charge in [-0.15, -0.1) is 0 Å². The molecule has 218 valence electrons. The van der Waals surface area contributed by atoms with Crippen LogP contribution >= 0.6 is 0 Å². The summed E-state index contributed by atoms with van der Waals surface area (Å²) in [5, 5.41) is 2.65. The third-order valence-electron chi connectivity index (χ3n) is 7.71. The molecular weight excluding hydrogens is 539 g/mol. The Morgan fingerprint density at radius 2 is 1.76 bits per heavy atom. The summed E-state index contributed by atoms with van der Waals surface area (Å²) in [6.07, 6.45) is -1.73. The van der Waals surface area contributed by atoms with Crippen LogP contribution in [-0.4, -0.2) is 57.8 Å². The van der Waals surface area contributed by atoms with E-state index in [0.29, 0.717) is 11.1 Å². The van der Waals surface area contributed by atoms with Crippen LogP contribution in [0.4, 0.5) is 18.9 Å². The normalized spacial score (nSPS) is 14.8. The number of likely N-dealkylation sites (N-methyl/N-ethyl adjacent to an activating group) is 1. The maximum Gasteiger partial charge on any atom is 0.416 e. The second kappa shape index (κ2) is 12.4. The Balaban J connectivity index is 1.35. The molecule has 2 aromatic carbocycles. The summed E-state index contributed by atoms with van der Waals surface area (Å²) in [5.41, 5.74) is 3.76. The van der Waals surface area contributed by atoms with Crippen molar-refractivity contribution in [2.75, 3.05) is 38.0 Å². The van der Waals surface area contributed by atoms with Crippen LogP contribution in [0.3, 0.4) is 0 Å². The predicted octanol–water partition coefficient (Wildman–Crippen LogP) is 6.15. The van der Waals surface area contributed by atoms with Crippen molar-refractivity contribution in [3.05, 3.63) is 100.0 Å². The molecular formula is C33H34F3N5O. The number of carbonyl (C=O) groups is 1. The minimum atomic E-state index is -4.54. The molecule has 1 amide bonds. The molecule has 0 atom stereocenters. The Bertz CT molecular complexity index is 1660. The number of aromatic nitrogens is 2. The highest BCUT2D eigenvalue weighted by Gasteiger charge is 2.34. The Kier molecular flexibility index (Phi) is 8.66. The number of fused-ring (bicyclic) bond motifs is 1. The van der Waals surface area contributed by atoms with Crippen LogP contribution in [0, 0.1) is 25.7 Å². The van der Waals surface area contributed by atoms with Crippen molar-refractivity contribution in [2.45, 2.75) is 39.9 Å². The largest absolute Gasteiger partial charge is 0.416 e. The number of halogens is 3. The molecule has 1 N–H and O–H groups in total. The lowest BCUT2D eigenvalue weighted by molar-refractivity contribution is -0.138. The van der Waals surface area contributed by atoms with E-state index in [1.54, 1.807) is 24.3 Å². The maximum absolute atomic E-state index is 14.1. The topological polar surface area (TPSA) is 52.9 Å². The summed E-state index contributed by atoms with van der Waals surface area (Å²) in [7, 11) is 0. The van der Waals surface area contributed by atoms with Crippen LogP contribution in [0.25, 0.3) is 5.65 Å². The van der Waals surface area contributed by atoms with Crippen LogP contribution in [0.5, 0.6) is 0 Å². The first-order valence-corrected chi connectivity index (χ1v) is 14.1. The molecule has 0 aliphatic carbocycles. The van der Waals surface area contributed by atoms with Gasteiger partial charge in [0.05, 0.1) is 11.3 Å². The van der Waals surface area contributed by atoms with Crippen molar-refractivity contribution in [3.8, 4) is 11.8 Å². The number of alkyl halides is 3. The fraction of sp³-hybridized carbons (Fsp3) is 0.333. The molecule has 1 fully saturated rings. The second-order valence-electron chi connectivity index (χ2n) is 10.6. The molecule has 42 heavy (non-hydrogen) atoms. The smallest absolute Gasteiger partial charge is 0.322 e. The summed E-state index contributed by atoms with van der Waals surface area (Å²) in [6, 6.07) is 14.9. The third kappa shape index (κ3) is 6.67. The monoisotopic (exact) mass is 573 g/mol. The molecule has 0 unspecified atom stereocenters. The fourth-order valence-corrected chi connectivity index (χ4v) is 5.29. The lowest BCUT2D eigenvalue weighted by Gasteiger charge is -2.23. The highest BCUT2D eigenvalue weighted by atomic mass is 19.4. The number of imidazole rings is 1. The average Bonchev–Trinajstić information content (AvgIpc) is 3.11. The third-order valence-corrected chi connectivity index (χ3v) is 7.71. The lowest BCUT2D eigenvalue weighted by atomic mass is 10.0. The summed E-state index contributed by atoms with van der Waals surface area (Å²) in [4.78, 5) is 22.0. The molecule has 1 saturated heterocycles. The minimum absolute atomic E-state index is 0.0960. The molecule has 2 aromatic heterocycles. The molecule has 3 heterocycles. The molecule has 0 bridgehead atoms. The molecule has 6 nitrogen and oxygen atoms in total. The number of nitrogens with one attached hydrogen (secondary N) is 1. The van der Waals surface area contributed by atoms with Gasteiger partial charge in [0.2, 0.25) is 0 Å². The van der Waals surface area contributed by atoms with E-state index in [-0.39, 0.29) is 17.8 Å². The van der Waals surface area contributed by atoms with Crippen LogP contribution in [0.1, 0.15) is 57.3 Å². The van der Waals surface area contributed by atoms with Crippen molar-refractivity contribution >= 4 is 17.2 Å². The number of nitrogens with zero attached hydrogens (tertiary/aromatic N) is 4. The van der Waals surface area contributed by atoms with Crippen LogP contribution < -0.4 is 5.32 Å². The lowest BCUT2D eigenvalue weighted by Crippen LogP contribution is -2.31. The van der Waals surface area contributed by atoms with E-state index in [4.69, 9.17) is 0 Å². The zero-order valence-electron chi connectivity index (χ0n) is 24.1. The standard InChI is InChI=1S/C33H34F3N5O/c1-4-39-15-7-16-40(19-18-39)22-27-11-13-28(21-29(27)33(34,35)36)38-32(42)26-10-9-23(2)25(20-26)12-14-30-24(3)37-31-8-5-6-17-41(30)31/h5-6,8-11,13,17,20-21H,4,7,15-16,18-19,22H2,1-3H3,(H,38,42). The Labute approximate surface area is 244 Å². The van der Waals surface area contributed by atoms with E-state index in [1.807, 2.05) is 42.6 Å². The highest BCUT2D eigenvalue weighted by Crippen LogP contribution is 2.35. The molecule has 0 saturated carbocycles. The molecule has 0 radical (unpaired) electrons. The van der Waals surface area contributed by atoms with Gasteiger partial charge in [0.1, 0.15) is 11.3 Å². The van der Waals surface area contributed by atoms with E-state index in [9.17, 15) is 18.0 Å². The van der Waals surface area contributed by atoms with Crippen molar-refractivity contribution < 1.29 is 18.0 Å². The van der Waals surface area contributed by atoms with E-state index in [2.05, 4.69) is 38.9 Å². The van der Waals surface area contributed by atoms with Crippen molar-refractivity contribution in [3.63, 3.8) is 0 Å². The van der Waals surface area contributed by atoms with E-state index in [1.165, 1.54) is 6.07 Å². The molecule has 1 aliphatic heterocycles. The van der Waals surface area contributed by atoms with Gasteiger partial charge in [-0.3, -0.25) is 14.1 Å². The van der Waals surface area contributed by atoms with Gasteiger partial charge in [-0.2, -0.15) is 13.2 Å². The molecule has 0 spiro atoms. The van der Waals surface area contributed by atoms with E-state index in [0.717, 1.165) is 67.8 Å².